The first-order chi connectivity index (χ1) is 17.1. The molecule has 12 nitrogen and oxygen atoms in total. The van der Waals surface area contributed by atoms with Gasteiger partial charge in [-0.1, -0.05) is 0 Å². The highest BCUT2D eigenvalue weighted by Gasteiger charge is 2.61. The van der Waals surface area contributed by atoms with E-state index in [9.17, 15) is 28.8 Å². The quantitative estimate of drug-likeness (QED) is 0.0900. The molecule has 1 rings (SSSR count). The van der Waals surface area contributed by atoms with Crippen LogP contribution in [0.2, 0.25) is 0 Å². The van der Waals surface area contributed by atoms with E-state index in [1.807, 2.05) is 0 Å². The molecule has 0 aromatic rings. The van der Waals surface area contributed by atoms with Crippen molar-refractivity contribution in [1.82, 2.24) is 0 Å². The Morgan fingerprint density at radius 3 is 0.528 bits per heavy atom. The minimum absolute atomic E-state index is 0.461. The number of carbonyl (C=O) groups excluding carboxylic acids is 6. The molecule has 0 radical (unpaired) electrons. The predicted octanol–water partition coefficient (Wildman–Crippen LogP) is -0.950. The Labute approximate surface area is 239 Å². The van der Waals surface area contributed by atoms with Crippen LogP contribution >= 0.6 is 75.8 Å². The van der Waals surface area contributed by atoms with Gasteiger partial charge >= 0.3 is 35.8 Å². The van der Waals surface area contributed by atoms with Crippen LogP contribution in [0, 0.1) is 0 Å². The highest BCUT2D eigenvalue weighted by molar-refractivity contribution is 7.81. The third-order valence-electron chi connectivity index (χ3n) is 4.32. The van der Waals surface area contributed by atoms with E-state index in [0.29, 0.717) is 0 Å². The summed E-state index contributed by atoms with van der Waals surface area (Å²) in [5.41, 5.74) is 0. The second kappa shape index (κ2) is 16.7. The van der Waals surface area contributed by atoms with Gasteiger partial charge in [0.15, 0.2) is 36.6 Å². The standard InChI is InChI=1S/C18H24O12S6/c19-7(1-31)25-13-14(26-8(20)2-32)16(28-10(22)4-34)18(30-12(24)6-36)17(29-11(23)5-35)15(13)27-9(21)3-33/h13-18,31-36H,1-6H2. The van der Waals surface area contributed by atoms with Crippen LogP contribution in [-0.4, -0.2) is 107 Å². The molecule has 18 heteroatoms. The molecule has 0 atom stereocenters. The summed E-state index contributed by atoms with van der Waals surface area (Å²) in [4.78, 5) is 73.3. The molecule has 1 saturated carbocycles. The number of hydrogen-bond donors (Lipinski definition) is 6. The van der Waals surface area contributed by atoms with E-state index in [1.54, 1.807) is 0 Å². The van der Waals surface area contributed by atoms with Gasteiger partial charge in [0.2, 0.25) is 0 Å². The molecule has 1 fully saturated rings. The van der Waals surface area contributed by atoms with Crippen molar-refractivity contribution < 1.29 is 57.2 Å². The summed E-state index contributed by atoms with van der Waals surface area (Å²) in [6.07, 6.45) is -10.3. The van der Waals surface area contributed by atoms with E-state index in [4.69, 9.17) is 28.4 Å². The van der Waals surface area contributed by atoms with Crippen LogP contribution in [-0.2, 0) is 57.2 Å². The summed E-state index contributed by atoms with van der Waals surface area (Å²) >= 11 is 23.0. The van der Waals surface area contributed by atoms with Crippen molar-refractivity contribution in [1.29, 1.82) is 0 Å². The van der Waals surface area contributed by atoms with E-state index < -0.39 is 107 Å². The topological polar surface area (TPSA) is 158 Å². The normalized spacial score (nSPS) is 25.2. The van der Waals surface area contributed by atoms with Gasteiger partial charge in [0.05, 0.1) is 34.5 Å². The molecular formula is C18H24O12S6. The maximum Gasteiger partial charge on any atom is 0.316 e. The lowest BCUT2D eigenvalue weighted by molar-refractivity contribution is -0.258. The molecule has 0 aromatic heterocycles. The molecule has 1 aliphatic rings. The van der Waals surface area contributed by atoms with Gasteiger partial charge in [0, 0.05) is 0 Å². The fourth-order valence-corrected chi connectivity index (χ4v) is 3.51. The number of hydrogen-bond acceptors (Lipinski definition) is 18. The molecule has 0 aliphatic heterocycles. The number of ether oxygens (including phenoxy) is 6. The largest absolute Gasteiger partial charge is 0.453 e. The zero-order chi connectivity index (χ0) is 27.4. The zero-order valence-electron chi connectivity index (χ0n) is 18.3. The lowest BCUT2D eigenvalue weighted by Gasteiger charge is -2.47. The SMILES string of the molecule is O=C(CS)OC1C(OC(=O)CS)C(OC(=O)CS)C(OC(=O)CS)C(OC(=O)CS)C1OC(=O)CS. The monoisotopic (exact) mass is 624 g/mol. The Morgan fingerprint density at radius 1 is 0.333 bits per heavy atom. The fourth-order valence-electron chi connectivity index (χ4n) is 3.06. The molecule has 36 heavy (non-hydrogen) atoms. The smallest absolute Gasteiger partial charge is 0.316 e. The highest BCUT2D eigenvalue weighted by atomic mass is 32.1. The van der Waals surface area contributed by atoms with Crippen LogP contribution in [0.25, 0.3) is 0 Å². The Hall–Kier alpha value is -1.08. The van der Waals surface area contributed by atoms with Gasteiger partial charge in [-0.15, -0.1) is 0 Å². The van der Waals surface area contributed by atoms with E-state index in [-0.39, 0.29) is 0 Å². The van der Waals surface area contributed by atoms with Crippen molar-refractivity contribution in [2.75, 3.05) is 34.5 Å². The number of carbonyl (C=O) groups is 6. The maximum absolute atomic E-state index is 12.2. The molecule has 204 valence electrons. The van der Waals surface area contributed by atoms with Crippen LogP contribution in [0.1, 0.15) is 0 Å². The van der Waals surface area contributed by atoms with Gasteiger partial charge in [-0.05, 0) is 0 Å². The summed E-state index contributed by atoms with van der Waals surface area (Å²) in [6, 6.07) is 0. The third-order valence-corrected chi connectivity index (χ3v) is 5.87. The summed E-state index contributed by atoms with van der Waals surface area (Å²) in [5.74, 6) is -8.56. The molecule has 0 bridgehead atoms. The minimum Gasteiger partial charge on any atom is -0.453 e. The maximum atomic E-state index is 12.2. The van der Waals surface area contributed by atoms with Gasteiger partial charge in [-0.2, -0.15) is 75.8 Å². The van der Waals surface area contributed by atoms with Gasteiger partial charge in [-0.3, -0.25) is 28.8 Å². The average Bonchev–Trinajstić information content (AvgIpc) is 2.88. The van der Waals surface area contributed by atoms with Gasteiger partial charge < -0.3 is 28.4 Å². The van der Waals surface area contributed by atoms with Gasteiger partial charge in [-0.25, -0.2) is 0 Å². The summed E-state index contributed by atoms with van der Waals surface area (Å²) in [5, 5.41) is 0. The van der Waals surface area contributed by atoms with Crippen LogP contribution in [0.15, 0.2) is 0 Å². The van der Waals surface area contributed by atoms with Crippen molar-refractivity contribution in [3.8, 4) is 0 Å². The lowest BCUT2D eigenvalue weighted by Crippen LogP contribution is -2.69. The Kier molecular flexibility index (Phi) is 15.3. The van der Waals surface area contributed by atoms with Crippen molar-refractivity contribution in [2.45, 2.75) is 36.6 Å². The van der Waals surface area contributed by atoms with E-state index in [2.05, 4.69) is 75.8 Å². The summed E-state index contributed by atoms with van der Waals surface area (Å²) in [6.45, 7) is 0. The molecule has 0 unspecified atom stereocenters. The van der Waals surface area contributed by atoms with Crippen molar-refractivity contribution in [3.05, 3.63) is 0 Å². The first-order valence-corrected chi connectivity index (χ1v) is 13.7. The van der Waals surface area contributed by atoms with Crippen LogP contribution in [0.4, 0.5) is 0 Å². The Balaban J connectivity index is 3.82. The van der Waals surface area contributed by atoms with E-state index >= 15 is 0 Å². The number of thiol groups is 6. The minimum atomic E-state index is -1.72. The van der Waals surface area contributed by atoms with Crippen LogP contribution in [0.3, 0.4) is 0 Å². The Morgan fingerprint density at radius 2 is 0.444 bits per heavy atom. The predicted molar refractivity (Wildman–Crippen MR) is 142 cm³/mol. The van der Waals surface area contributed by atoms with E-state index in [1.165, 1.54) is 0 Å². The van der Waals surface area contributed by atoms with Crippen molar-refractivity contribution >= 4 is 112 Å². The first kappa shape index (κ1) is 32.9. The fraction of sp³-hybridized carbons (Fsp3) is 0.667. The van der Waals surface area contributed by atoms with Crippen molar-refractivity contribution in [2.24, 2.45) is 0 Å². The molecule has 1 aliphatic carbocycles. The molecule has 0 N–H and O–H groups in total. The first-order valence-electron chi connectivity index (χ1n) is 9.88. The second-order valence-corrected chi connectivity index (χ2v) is 8.57. The highest BCUT2D eigenvalue weighted by Crippen LogP contribution is 2.35. The third kappa shape index (κ3) is 9.66. The molecule has 0 amide bonds. The van der Waals surface area contributed by atoms with E-state index in [0.717, 1.165) is 0 Å². The molecular weight excluding hydrogens is 601 g/mol. The summed E-state index contributed by atoms with van der Waals surface area (Å²) < 4.78 is 32.0. The van der Waals surface area contributed by atoms with Crippen molar-refractivity contribution in [3.63, 3.8) is 0 Å². The lowest BCUT2D eigenvalue weighted by atomic mass is 9.83. The molecule has 0 spiro atoms. The number of rotatable bonds is 12. The average molecular weight is 625 g/mol. The molecule has 0 saturated heterocycles. The number of esters is 6. The second-order valence-electron chi connectivity index (χ2n) is 6.68. The molecule has 0 aromatic carbocycles. The van der Waals surface area contributed by atoms with Crippen LogP contribution < -0.4 is 0 Å². The van der Waals surface area contributed by atoms with Crippen LogP contribution in [0.5, 0.6) is 0 Å². The molecule has 0 heterocycles. The van der Waals surface area contributed by atoms with Gasteiger partial charge in [0.25, 0.3) is 0 Å². The summed E-state index contributed by atoms with van der Waals surface area (Å²) in [7, 11) is 0. The van der Waals surface area contributed by atoms with Gasteiger partial charge in [0.1, 0.15) is 0 Å². The zero-order valence-corrected chi connectivity index (χ0v) is 23.7. The Bertz CT molecular complexity index is 644.